The Bertz CT molecular complexity index is 1060. The lowest BCUT2D eigenvalue weighted by molar-refractivity contribution is -0.384. The van der Waals surface area contributed by atoms with Crippen molar-refractivity contribution in [2.45, 2.75) is 17.5 Å². The molecule has 0 aliphatic rings. The Morgan fingerprint density at radius 3 is 2.64 bits per heavy atom. The number of nitrogens with zero attached hydrogens (tertiary/aromatic N) is 5. The Morgan fingerprint density at radius 1 is 1.11 bits per heavy atom. The van der Waals surface area contributed by atoms with Crippen molar-refractivity contribution >= 4 is 17.4 Å². The summed E-state index contributed by atoms with van der Waals surface area (Å²) in [5.74, 6) is 2.11. The third-order valence-electron chi connectivity index (χ3n) is 4.05. The van der Waals surface area contributed by atoms with Crippen LogP contribution in [0.1, 0.15) is 11.3 Å². The number of non-ortho nitro benzene ring substituents is 1. The van der Waals surface area contributed by atoms with Gasteiger partial charge in [-0.1, -0.05) is 23.9 Å². The maximum atomic E-state index is 10.8. The van der Waals surface area contributed by atoms with E-state index in [0.717, 1.165) is 22.0 Å². The number of nitro groups is 1. The van der Waals surface area contributed by atoms with Gasteiger partial charge in [-0.15, -0.1) is 10.2 Å². The third kappa shape index (κ3) is 3.94. The first kappa shape index (κ1) is 17.9. The number of pyridine rings is 1. The summed E-state index contributed by atoms with van der Waals surface area (Å²) in [7, 11) is 0. The highest BCUT2D eigenvalue weighted by Crippen LogP contribution is 2.27. The summed E-state index contributed by atoms with van der Waals surface area (Å²) in [4.78, 5) is 14.5. The summed E-state index contributed by atoms with van der Waals surface area (Å²) in [6.45, 7) is 0.493. The minimum Gasteiger partial charge on any atom is -0.467 e. The van der Waals surface area contributed by atoms with Crippen LogP contribution in [-0.2, 0) is 12.3 Å². The van der Waals surface area contributed by atoms with Crippen LogP contribution in [0.25, 0.3) is 11.4 Å². The van der Waals surface area contributed by atoms with Crippen molar-refractivity contribution in [3.63, 3.8) is 0 Å². The highest BCUT2D eigenvalue weighted by atomic mass is 32.2. The quantitative estimate of drug-likeness (QED) is 0.264. The fraction of sp³-hybridized carbons (Fsp3) is 0.105. The molecule has 28 heavy (non-hydrogen) atoms. The molecule has 0 aliphatic carbocycles. The molecule has 3 heterocycles. The number of hydrogen-bond donors (Lipinski definition) is 0. The molecule has 3 aromatic heterocycles. The zero-order valence-corrected chi connectivity index (χ0v) is 15.5. The minimum atomic E-state index is -0.406. The third-order valence-corrected chi connectivity index (χ3v) is 5.08. The van der Waals surface area contributed by atoms with Gasteiger partial charge < -0.3 is 4.42 Å². The summed E-state index contributed by atoms with van der Waals surface area (Å²) >= 11 is 1.51. The second-order valence-electron chi connectivity index (χ2n) is 5.93. The van der Waals surface area contributed by atoms with Crippen molar-refractivity contribution < 1.29 is 9.34 Å². The zero-order chi connectivity index (χ0) is 19.3. The highest BCUT2D eigenvalue weighted by Gasteiger charge is 2.16. The molecule has 0 fully saturated rings. The van der Waals surface area contributed by atoms with Crippen molar-refractivity contribution in [1.82, 2.24) is 19.7 Å². The van der Waals surface area contributed by atoms with Gasteiger partial charge in [0.25, 0.3) is 5.69 Å². The number of benzene rings is 1. The Balaban J connectivity index is 1.59. The van der Waals surface area contributed by atoms with Gasteiger partial charge in [0, 0.05) is 35.8 Å². The molecule has 0 saturated heterocycles. The van der Waals surface area contributed by atoms with E-state index in [4.69, 9.17) is 4.42 Å². The first-order valence-electron chi connectivity index (χ1n) is 8.43. The predicted molar refractivity (Wildman–Crippen MR) is 104 cm³/mol. The number of aromatic nitrogens is 4. The van der Waals surface area contributed by atoms with Crippen molar-refractivity contribution in [2.75, 3.05) is 0 Å². The van der Waals surface area contributed by atoms with Gasteiger partial charge in [0.1, 0.15) is 5.76 Å². The molecule has 0 radical (unpaired) electrons. The average Bonchev–Trinajstić information content (AvgIpc) is 3.38. The van der Waals surface area contributed by atoms with Gasteiger partial charge in [-0.2, -0.15) is 0 Å². The van der Waals surface area contributed by atoms with Crippen LogP contribution < -0.4 is 0 Å². The van der Waals surface area contributed by atoms with Crippen LogP contribution in [0.5, 0.6) is 0 Å². The lowest BCUT2D eigenvalue weighted by Crippen LogP contribution is -2.03. The summed E-state index contributed by atoms with van der Waals surface area (Å²) in [5.41, 5.74) is 1.91. The lowest BCUT2D eigenvalue weighted by Gasteiger charge is -2.08. The summed E-state index contributed by atoms with van der Waals surface area (Å²) in [6.07, 6.45) is 5.08. The molecule has 0 saturated carbocycles. The summed E-state index contributed by atoms with van der Waals surface area (Å²) < 4.78 is 7.46. The van der Waals surface area contributed by atoms with E-state index in [0.29, 0.717) is 18.1 Å². The molecule has 0 atom stereocenters. The van der Waals surface area contributed by atoms with Gasteiger partial charge in [-0.25, -0.2) is 0 Å². The van der Waals surface area contributed by atoms with E-state index in [1.54, 1.807) is 30.8 Å². The van der Waals surface area contributed by atoms with Crippen molar-refractivity contribution in [3.05, 3.63) is 88.6 Å². The molecule has 4 aromatic rings. The summed E-state index contributed by atoms with van der Waals surface area (Å²) in [5, 5.41) is 20.2. The fourth-order valence-electron chi connectivity index (χ4n) is 2.67. The van der Waals surface area contributed by atoms with E-state index in [9.17, 15) is 10.1 Å². The van der Waals surface area contributed by atoms with Gasteiger partial charge in [0.15, 0.2) is 11.0 Å². The molecule has 0 N–H and O–H groups in total. The highest BCUT2D eigenvalue weighted by molar-refractivity contribution is 7.98. The van der Waals surface area contributed by atoms with Crippen molar-refractivity contribution in [2.24, 2.45) is 0 Å². The molecule has 9 heteroatoms. The maximum Gasteiger partial charge on any atom is 0.269 e. The first-order chi connectivity index (χ1) is 13.7. The normalized spacial score (nSPS) is 10.9. The van der Waals surface area contributed by atoms with E-state index in [1.165, 1.54) is 23.9 Å². The van der Waals surface area contributed by atoms with Crippen LogP contribution >= 0.6 is 11.8 Å². The second kappa shape index (κ2) is 8.05. The van der Waals surface area contributed by atoms with Crippen LogP contribution in [0.4, 0.5) is 5.69 Å². The SMILES string of the molecule is O=[N+]([O-])c1ccc(CSc2nnc(-c3cccnc3)n2Cc2ccco2)cc1. The fourth-order valence-corrected chi connectivity index (χ4v) is 3.56. The predicted octanol–water partition coefficient (Wildman–Crippen LogP) is 4.18. The molecule has 1 aromatic carbocycles. The first-order valence-corrected chi connectivity index (χ1v) is 9.41. The second-order valence-corrected chi connectivity index (χ2v) is 6.87. The molecule has 0 spiro atoms. The monoisotopic (exact) mass is 393 g/mol. The molecule has 0 aliphatic heterocycles. The van der Waals surface area contributed by atoms with Crippen LogP contribution in [0, 0.1) is 10.1 Å². The number of thioether (sulfide) groups is 1. The van der Waals surface area contributed by atoms with Gasteiger partial charge in [-0.3, -0.25) is 19.7 Å². The Kier molecular flexibility index (Phi) is 5.16. The number of furan rings is 1. The summed E-state index contributed by atoms with van der Waals surface area (Å²) in [6, 6.07) is 14.0. The topological polar surface area (TPSA) is 99.9 Å². The van der Waals surface area contributed by atoms with Crippen LogP contribution in [0.15, 0.2) is 76.8 Å². The number of nitro benzene ring substituents is 1. The van der Waals surface area contributed by atoms with E-state index < -0.39 is 4.92 Å². The molecular formula is C19H15N5O3S. The van der Waals surface area contributed by atoms with Crippen LogP contribution in [0.3, 0.4) is 0 Å². The molecule has 0 amide bonds. The zero-order valence-electron chi connectivity index (χ0n) is 14.6. The molecular weight excluding hydrogens is 378 g/mol. The van der Waals surface area contributed by atoms with Crippen LogP contribution in [0.2, 0.25) is 0 Å². The molecule has 8 nitrogen and oxygen atoms in total. The molecule has 4 rings (SSSR count). The van der Waals surface area contributed by atoms with E-state index in [2.05, 4.69) is 15.2 Å². The number of rotatable bonds is 7. The number of hydrogen-bond acceptors (Lipinski definition) is 7. The standard InChI is InChI=1S/C19H15N5O3S/c25-24(26)16-7-5-14(6-8-16)13-28-19-22-21-18(15-3-1-9-20-11-15)23(19)12-17-4-2-10-27-17/h1-11H,12-13H2. The average molecular weight is 393 g/mol. The van der Waals surface area contributed by atoms with Gasteiger partial charge in [0.2, 0.25) is 0 Å². The molecule has 140 valence electrons. The smallest absolute Gasteiger partial charge is 0.269 e. The van der Waals surface area contributed by atoms with E-state index >= 15 is 0 Å². The van der Waals surface area contributed by atoms with Gasteiger partial charge in [0.05, 0.1) is 17.7 Å². The minimum absolute atomic E-state index is 0.0774. The molecule has 0 bridgehead atoms. The van der Waals surface area contributed by atoms with Gasteiger partial charge in [-0.05, 0) is 29.8 Å². The van der Waals surface area contributed by atoms with Crippen molar-refractivity contribution in [1.29, 1.82) is 0 Å². The largest absolute Gasteiger partial charge is 0.467 e. The van der Waals surface area contributed by atoms with Crippen LogP contribution in [-0.4, -0.2) is 24.7 Å². The molecule has 0 unspecified atom stereocenters. The maximum absolute atomic E-state index is 10.8. The Morgan fingerprint density at radius 2 is 1.96 bits per heavy atom. The Labute approximate surface area is 164 Å². The van der Waals surface area contributed by atoms with Crippen molar-refractivity contribution in [3.8, 4) is 11.4 Å². The lowest BCUT2D eigenvalue weighted by atomic mass is 10.2. The van der Waals surface area contributed by atoms with E-state index in [-0.39, 0.29) is 5.69 Å². The van der Waals surface area contributed by atoms with E-state index in [1.807, 2.05) is 28.8 Å². The Hall–Kier alpha value is -3.46. The van der Waals surface area contributed by atoms with Gasteiger partial charge >= 0.3 is 0 Å².